The molecule has 1 fully saturated rings. The minimum atomic E-state index is -3.64. The first-order valence-electron chi connectivity index (χ1n) is 7.82. The summed E-state index contributed by atoms with van der Waals surface area (Å²) in [6.45, 7) is -0.0775. The molecule has 0 radical (unpaired) electrons. The van der Waals surface area contributed by atoms with Gasteiger partial charge >= 0.3 is 11.7 Å². The van der Waals surface area contributed by atoms with Crippen LogP contribution in [0.1, 0.15) is 13.2 Å². The summed E-state index contributed by atoms with van der Waals surface area (Å²) < 4.78 is 37.4. The quantitative estimate of drug-likeness (QED) is 0.135. The van der Waals surface area contributed by atoms with Crippen molar-refractivity contribution in [2.75, 3.05) is 12.3 Å². The number of aliphatic hydroxyl groups excluding tert-OH is 1. The third kappa shape index (κ3) is 4.54. The van der Waals surface area contributed by atoms with E-state index in [0.717, 1.165) is 13.1 Å². The van der Waals surface area contributed by atoms with Crippen LogP contribution in [0.3, 0.4) is 0 Å². The zero-order valence-electron chi connectivity index (χ0n) is 14.7. The average molecular weight is 437 g/mol. The van der Waals surface area contributed by atoms with Crippen LogP contribution in [0.4, 0.5) is 10.2 Å². The summed E-state index contributed by atoms with van der Waals surface area (Å²) in [6, 6.07) is -0.454. The number of hydrogen-bond donors (Lipinski definition) is 4. The van der Waals surface area contributed by atoms with E-state index in [-0.39, 0.29) is 10.7 Å². The first kappa shape index (κ1) is 22.7. The van der Waals surface area contributed by atoms with Crippen molar-refractivity contribution >= 4 is 20.0 Å². The van der Waals surface area contributed by atoms with Crippen molar-refractivity contribution in [3.05, 3.63) is 33.2 Å². The van der Waals surface area contributed by atoms with Crippen LogP contribution in [-0.2, 0) is 18.6 Å². The van der Waals surface area contributed by atoms with E-state index in [1.807, 2.05) is 0 Å². The largest absolute Gasteiger partial charge is 0.480 e. The van der Waals surface area contributed by atoms with Gasteiger partial charge in [0.1, 0.15) is 18.0 Å². The molecule has 5 N–H and O–H groups in total. The number of nitrogens with zero attached hydrogens (tertiary/aromatic N) is 6. The Bertz CT molecular complexity index is 910. The van der Waals surface area contributed by atoms with Gasteiger partial charge in [0.15, 0.2) is 12.4 Å². The number of anilines is 1. The normalized spacial score (nSPS) is 28.7. The van der Waals surface area contributed by atoms with E-state index in [1.165, 1.54) is 6.07 Å². The number of alkyl halides is 1. The van der Waals surface area contributed by atoms with Crippen LogP contribution in [0.15, 0.2) is 22.2 Å². The number of nitrogen functional groups attached to an aromatic ring is 1. The van der Waals surface area contributed by atoms with Crippen molar-refractivity contribution in [1.82, 2.24) is 14.4 Å². The summed E-state index contributed by atoms with van der Waals surface area (Å²) >= 11 is 0. The fourth-order valence-electron chi connectivity index (χ4n) is 2.39. The first-order chi connectivity index (χ1) is 13.5. The van der Waals surface area contributed by atoms with Crippen LogP contribution in [-0.4, -0.2) is 66.4 Å². The van der Waals surface area contributed by atoms with Crippen LogP contribution >= 0.6 is 8.18 Å². The topological polar surface area (TPSA) is 226 Å². The van der Waals surface area contributed by atoms with E-state index < -0.39 is 56.7 Å². The number of aliphatic carboxylic acids is 1. The average Bonchev–Trinajstić information content (AvgIpc) is 2.90. The Balaban J connectivity index is 2.27. The van der Waals surface area contributed by atoms with Gasteiger partial charge in [-0.05, 0) is 18.5 Å². The van der Waals surface area contributed by atoms with Crippen molar-refractivity contribution in [2.45, 2.75) is 37.2 Å². The van der Waals surface area contributed by atoms with E-state index in [1.54, 1.807) is 0 Å². The number of azide groups is 1. The summed E-state index contributed by atoms with van der Waals surface area (Å²) in [4.78, 5) is 28.4. The molecule has 6 atom stereocenters. The molecular formula is C12H17FN7O8P. The summed E-state index contributed by atoms with van der Waals surface area (Å²) in [5.41, 5.74) is 10.5. The van der Waals surface area contributed by atoms with E-state index in [9.17, 15) is 28.9 Å². The maximum Gasteiger partial charge on any atom is 0.351 e. The Morgan fingerprint density at radius 3 is 2.93 bits per heavy atom. The Hall–Kier alpha value is -2.58. The van der Waals surface area contributed by atoms with Crippen molar-refractivity contribution in [3.8, 4) is 0 Å². The molecule has 0 bridgehead atoms. The van der Waals surface area contributed by atoms with Gasteiger partial charge in [0.2, 0.25) is 5.72 Å². The smallest absolute Gasteiger partial charge is 0.351 e. The zero-order valence-corrected chi connectivity index (χ0v) is 15.7. The molecule has 1 aromatic heterocycles. The molecule has 2 heterocycles. The van der Waals surface area contributed by atoms with E-state index in [2.05, 4.69) is 15.0 Å². The summed E-state index contributed by atoms with van der Waals surface area (Å²) in [7, 11) is -3.64. The van der Waals surface area contributed by atoms with Crippen LogP contribution in [0.25, 0.3) is 10.4 Å². The Kier molecular flexibility index (Phi) is 6.92. The van der Waals surface area contributed by atoms with Crippen molar-refractivity contribution < 1.29 is 38.4 Å². The molecule has 1 aliphatic rings. The minimum Gasteiger partial charge on any atom is -0.480 e. The number of halogens is 1. The molecule has 15 nitrogen and oxygen atoms in total. The molecule has 2 unspecified atom stereocenters. The maximum absolute atomic E-state index is 14.8. The van der Waals surface area contributed by atoms with E-state index in [0.29, 0.717) is 4.57 Å². The monoisotopic (exact) mass is 437 g/mol. The van der Waals surface area contributed by atoms with Gasteiger partial charge in [0, 0.05) is 11.1 Å². The number of aliphatic hydroxyl groups is 1. The molecule has 1 aromatic rings. The van der Waals surface area contributed by atoms with Crippen molar-refractivity contribution in [1.29, 1.82) is 0 Å². The van der Waals surface area contributed by atoms with Crippen molar-refractivity contribution in [3.63, 3.8) is 0 Å². The highest BCUT2D eigenvalue weighted by Gasteiger charge is 2.57. The predicted octanol–water partition coefficient (Wildman–Crippen LogP) is -0.369. The highest BCUT2D eigenvalue weighted by Crippen LogP contribution is 2.42. The molecule has 0 saturated carbocycles. The molecular weight excluding hydrogens is 420 g/mol. The number of carboxylic acid groups (broad SMARTS) is 1. The van der Waals surface area contributed by atoms with Gasteiger partial charge in [-0.15, -0.1) is 4.83 Å². The standard InChI is InChI=1S/C12H17FN7O8P/c1-5(10(22)23)20(25)29(26)27-4-12(17-18-15)8(13)7(21)9(28-12)19-3-2-6(14)16-11(19)24/h2-3,5,7-9,21,25,29H,4H2,1H3,(H,22,23)(H2,14,16,24)/t5?,7-,8+,9-,12-/m1/s1. The minimum absolute atomic E-state index is 0.110. The maximum atomic E-state index is 14.8. The van der Waals surface area contributed by atoms with E-state index >= 15 is 0 Å². The number of hydrogen-bond acceptors (Lipinski definition) is 10. The second kappa shape index (κ2) is 8.84. The second-order valence-electron chi connectivity index (χ2n) is 5.89. The van der Waals surface area contributed by atoms with Gasteiger partial charge in [0.05, 0.1) is 6.61 Å². The lowest BCUT2D eigenvalue weighted by Crippen LogP contribution is -2.42. The molecule has 0 amide bonds. The predicted molar refractivity (Wildman–Crippen MR) is 91.5 cm³/mol. The van der Waals surface area contributed by atoms with Gasteiger partial charge in [-0.25, -0.2) is 9.18 Å². The number of aromatic nitrogens is 2. The Labute approximate surface area is 161 Å². The third-order valence-electron chi connectivity index (χ3n) is 4.00. The number of rotatable bonds is 8. The van der Waals surface area contributed by atoms with Gasteiger partial charge in [0.25, 0.3) is 8.18 Å². The van der Waals surface area contributed by atoms with Gasteiger partial charge in [-0.2, -0.15) is 4.98 Å². The molecule has 2 rings (SSSR count). The molecule has 1 aliphatic heterocycles. The Morgan fingerprint density at radius 1 is 1.72 bits per heavy atom. The van der Waals surface area contributed by atoms with Gasteiger partial charge in [-0.3, -0.25) is 13.9 Å². The Morgan fingerprint density at radius 2 is 2.38 bits per heavy atom. The number of carboxylic acids is 1. The fraction of sp³-hybridized carbons (Fsp3) is 0.583. The highest BCUT2D eigenvalue weighted by molar-refractivity contribution is 7.36. The van der Waals surface area contributed by atoms with Crippen LogP contribution in [0, 0.1) is 0 Å². The molecule has 0 aliphatic carbocycles. The molecule has 29 heavy (non-hydrogen) atoms. The van der Waals surface area contributed by atoms with Crippen LogP contribution < -0.4 is 11.4 Å². The van der Waals surface area contributed by atoms with Crippen molar-refractivity contribution in [2.24, 2.45) is 5.11 Å². The molecule has 17 heteroatoms. The number of nitrogens with two attached hydrogens (primary N) is 1. The SMILES string of the molecule is CC(C(=O)O)N(O)[PH](=O)OC[C@@]1(N=[N+]=[N-])O[C@@H](n2ccc(N)nc2=O)[C@H](O)[C@@H]1F. The molecule has 0 spiro atoms. The molecule has 160 valence electrons. The van der Waals surface area contributed by atoms with E-state index in [4.69, 9.17) is 25.6 Å². The fourth-order valence-corrected chi connectivity index (χ4v) is 3.28. The van der Waals surface area contributed by atoms with Gasteiger partial charge in [-0.1, -0.05) is 5.11 Å². The van der Waals surface area contributed by atoms with Crippen LogP contribution in [0.5, 0.6) is 0 Å². The summed E-state index contributed by atoms with van der Waals surface area (Å²) in [6.07, 6.45) is -5.12. The zero-order chi connectivity index (χ0) is 21.9. The number of ether oxygens (including phenoxy) is 1. The second-order valence-corrected chi connectivity index (χ2v) is 7.17. The lowest BCUT2D eigenvalue weighted by Gasteiger charge is -2.26. The van der Waals surface area contributed by atoms with Crippen LogP contribution in [0.2, 0.25) is 0 Å². The summed E-state index contributed by atoms with van der Waals surface area (Å²) in [5.74, 6) is -1.67. The lowest BCUT2D eigenvalue weighted by molar-refractivity contribution is -0.151. The highest BCUT2D eigenvalue weighted by atomic mass is 31.1. The summed E-state index contributed by atoms with van der Waals surface area (Å²) in [5, 5.41) is 31.6. The third-order valence-corrected chi connectivity index (χ3v) is 5.15. The first-order valence-corrected chi connectivity index (χ1v) is 9.09. The number of hydroxylamine groups is 1. The lowest BCUT2D eigenvalue weighted by atomic mass is 10.1. The molecule has 0 aromatic carbocycles. The van der Waals surface area contributed by atoms with Gasteiger partial charge < -0.3 is 30.4 Å². The number of carbonyl (C=O) groups is 1. The molecule has 1 saturated heterocycles.